The van der Waals surface area contributed by atoms with Gasteiger partial charge in [0.1, 0.15) is 0 Å². The monoisotopic (exact) mass is 1690 g/mol. The first kappa shape index (κ1) is 78.5. The van der Waals surface area contributed by atoms with Crippen molar-refractivity contribution < 1.29 is 29.9 Å². The Bertz CT molecular complexity index is 5260. The summed E-state index contributed by atoms with van der Waals surface area (Å²) in [7, 11) is -5.08. The van der Waals surface area contributed by atoms with Crippen LogP contribution in [0.5, 0.6) is 0 Å². The van der Waals surface area contributed by atoms with Gasteiger partial charge in [-0.25, -0.2) is 29.9 Å². The van der Waals surface area contributed by atoms with E-state index in [0.29, 0.717) is 40.7 Å². The summed E-state index contributed by atoms with van der Waals surface area (Å²) in [4.78, 5) is 33.6. The van der Waals surface area contributed by atoms with Crippen molar-refractivity contribution in [2.24, 2.45) is 0 Å². The van der Waals surface area contributed by atoms with Gasteiger partial charge < -0.3 is 25.6 Å². The van der Waals surface area contributed by atoms with Gasteiger partial charge in [0.25, 0.3) is 20.2 Å². The predicted octanol–water partition coefficient (Wildman–Crippen LogP) is 18.4. The van der Waals surface area contributed by atoms with E-state index in [1.54, 1.807) is 7.11 Å². The fraction of sp³-hybridized carbons (Fsp3) is 0.241. The number of nitrogens with one attached hydrogen (secondary N) is 3. The number of hydrogen-bond acceptors (Lipinski definition) is 18. The lowest BCUT2D eigenvalue weighted by atomic mass is 9.78. The van der Waals surface area contributed by atoms with Gasteiger partial charge in [-0.2, -0.15) is 16.8 Å². The average molecular weight is 1690 g/mol. The third-order valence-electron chi connectivity index (χ3n) is 20.3. The Morgan fingerprint density at radius 3 is 1.12 bits per heavy atom. The van der Waals surface area contributed by atoms with E-state index in [0.717, 1.165) is 177 Å². The van der Waals surface area contributed by atoms with Crippen LogP contribution in [-0.4, -0.2) is 135 Å². The van der Waals surface area contributed by atoms with E-state index in [9.17, 15) is 16.8 Å². The molecule has 0 bridgehead atoms. The summed E-state index contributed by atoms with van der Waals surface area (Å²) in [5.41, 5.74) is 23.2. The number of benzene rings is 9. The van der Waals surface area contributed by atoms with Crippen molar-refractivity contribution in [3.8, 4) is 33.8 Å². The quantitative estimate of drug-likeness (QED) is 0.0508. The molecular formula is C87H83Br2Cl2N11O7S2. The molecule has 3 aromatic heterocycles. The molecule has 12 aromatic rings. The van der Waals surface area contributed by atoms with Crippen LogP contribution < -0.4 is 16.0 Å². The van der Waals surface area contributed by atoms with Gasteiger partial charge >= 0.3 is 0 Å². The summed E-state index contributed by atoms with van der Waals surface area (Å²) < 4.78 is 61.4. The lowest BCUT2D eigenvalue weighted by Crippen LogP contribution is -2.47. The number of hydrogen-bond donors (Lipinski definition) is 3. The molecule has 18 nitrogen and oxygen atoms in total. The molecule has 568 valence electrons. The first-order valence-electron chi connectivity index (χ1n) is 36.8. The van der Waals surface area contributed by atoms with E-state index in [1.165, 1.54) is 33.4 Å². The molecule has 1 aliphatic heterocycles. The van der Waals surface area contributed by atoms with Crippen LogP contribution in [0.4, 0.5) is 34.9 Å². The van der Waals surface area contributed by atoms with Crippen LogP contribution in [0.25, 0.3) is 33.8 Å². The SMILES string of the molecule is COCCN1CCN(CCc2ccc(Nc3ncc4c(n3)-c3ccccc3[C@H](c3ccc(Cl)c(Cl)c3)C4)cc2)CC1.CS(=O)(=O)OCCc1ccc(Nc2ncc3c(n2)-c2ccccc2[C@@H](c2ccc(Br)cc2)C3)cc1.CS(=O)(=O)OCCc1ccc(Nc2ncc3c(n2)-c2ccccc2[C@H](c2ccc(Br)cc2)C3)cc1. The van der Waals surface area contributed by atoms with E-state index in [2.05, 4.69) is 212 Å². The highest BCUT2D eigenvalue weighted by Gasteiger charge is 2.31. The number of rotatable bonds is 23. The lowest BCUT2D eigenvalue weighted by Gasteiger charge is -2.34. The number of fused-ring (bicyclic) bond motifs is 9. The highest BCUT2D eigenvalue weighted by Crippen LogP contribution is 2.46. The standard InChI is InChI=1S/C33H35Cl2N5O.2C27H24BrN3O3S/c1-41-19-18-40-16-14-39(15-17-40)13-12-23-6-9-26(10-7-23)37-33-36-22-25-20-29(24-8-11-30(34)31(35)21-24)27-4-2-3-5-28(27)32(25)38-33;2*1-35(32,33)34-15-14-18-6-12-22(13-7-18)30-27-29-17-20-16-25(19-8-10-21(28)11-9-19)23-4-2-3-5-24(23)26(20)31-27/h2-11,21-22,29H,12-20H2,1H3,(H,36,37,38);2*2-13,17,25H,14-16H2,1H3,(H,29,30,31)/t29-;2*25-/m010/s1. The molecule has 0 spiro atoms. The summed E-state index contributed by atoms with van der Waals surface area (Å²) in [6.07, 6.45) is 12.5. The zero-order chi connectivity index (χ0) is 77.0. The van der Waals surface area contributed by atoms with E-state index < -0.39 is 20.2 Å². The van der Waals surface area contributed by atoms with Crippen LogP contribution in [-0.2, 0) is 71.9 Å². The number of methoxy groups -OCH3 is 1. The fourth-order valence-electron chi connectivity index (χ4n) is 14.6. The van der Waals surface area contributed by atoms with Gasteiger partial charge in [0.15, 0.2) is 0 Å². The molecule has 111 heavy (non-hydrogen) atoms. The first-order valence-corrected chi connectivity index (χ1v) is 42.8. The van der Waals surface area contributed by atoms with Crippen molar-refractivity contribution in [1.29, 1.82) is 0 Å². The van der Waals surface area contributed by atoms with Crippen LogP contribution in [0.15, 0.2) is 240 Å². The zero-order valence-electron chi connectivity index (χ0n) is 61.5. The van der Waals surface area contributed by atoms with Crippen LogP contribution in [0.2, 0.25) is 10.0 Å². The van der Waals surface area contributed by atoms with Crippen molar-refractivity contribution in [2.75, 3.05) is 94.7 Å². The molecule has 16 rings (SSSR count). The summed E-state index contributed by atoms with van der Waals surface area (Å²) in [5, 5.41) is 11.1. The minimum atomic E-state index is -3.42. The van der Waals surface area contributed by atoms with Gasteiger partial charge in [-0.15, -0.1) is 0 Å². The number of nitrogens with zero attached hydrogens (tertiary/aromatic N) is 8. The smallest absolute Gasteiger partial charge is 0.264 e. The topological polar surface area (TPSA) is 216 Å². The second kappa shape index (κ2) is 36.1. The largest absolute Gasteiger partial charge is 0.383 e. The van der Waals surface area contributed by atoms with Gasteiger partial charge in [0.2, 0.25) is 17.8 Å². The molecule has 4 aliphatic rings. The van der Waals surface area contributed by atoms with Crippen LogP contribution in [0, 0.1) is 0 Å². The van der Waals surface area contributed by atoms with Gasteiger partial charge in [0.05, 0.1) is 59.5 Å². The van der Waals surface area contributed by atoms with E-state index in [1.807, 2.05) is 91.4 Å². The fourth-order valence-corrected chi connectivity index (χ4v) is 16.2. The Morgan fingerprint density at radius 1 is 0.414 bits per heavy atom. The maximum Gasteiger partial charge on any atom is 0.264 e. The highest BCUT2D eigenvalue weighted by molar-refractivity contribution is 9.10. The number of piperazine rings is 1. The third-order valence-corrected chi connectivity index (χ3v) is 23.3. The molecule has 24 heteroatoms. The molecule has 0 unspecified atom stereocenters. The Hall–Kier alpha value is -9.14. The third kappa shape index (κ3) is 20.6. The molecule has 0 radical (unpaired) electrons. The summed E-state index contributed by atoms with van der Waals surface area (Å²) >= 11 is 19.6. The van der Waals surface area contributed by atoms with Crippen molar-refractivity contribution >= 4 is 110 Å². The number of halogens is 4. The minimum absolute atomic E-state index is 0.125. The number of anilines is 6. The molecule has 1 fully saturated rings. The molecule has 9 aromatic carbocycles. The second-order valence-electron chi connectivity index (χ2n) is 28.0. The molecule has 3 atom stereocenters. The number of ether oxygens (including phenoxy) is 1. The lowest BCUT2D eigenvalue weighted by molar-refractivity contribution is 0.0976. The molecule has 3 aliphatic carbocycles. The predicted molar refractivity (Wildman–Crippen MR) is 450 cm³/mol. The van der Waals surface area contributed by atoms with Crippen LogP contribution >= 0.6 is 55.1 Å². The summed E-state index contributed by atoms with van der Waals surface area (Å²) in [6, 6.07) is 72.4. The average Bonchev–Trinajstić information content (AvgIpc) is 0.770. The van der Waals surface area contributed by atoms with E-state index >= 15 is 0 Å². The normalized spacial score (nSPS) is 15.6. The molecule has 1 saturated heterocycles. The minimum Gasteiger partial charge on any atom is -0.383 e. The Balaban J connectivity index is 0.000000139. The van der Waals surface area contributed by atoms with Crippen molar-refractivity contribution in [1.82, 2.24) is 39.7 Å². The zero-order valence-corrected chi connectivity index (χ0v) is 67.9. The highest BCUT2D eigenvalue weighted by atomic mass is 79.9. The summed E-state index contributed by atoms with van der Waals surface area (Å²) in [5.74, 6) is 2.36. The molecule has 0 amide bonds. The molecule has 0 saturated carbocycles. The Labute approximate surface area is 676 Å². The van der Waals surface area contributed by atoms with Crippen LogP contribution in [0.3, 0.4) is 0 Å². The van der Waals surface area contributed by atoms with E-state index in [-0.39, 0.29) is 31.0 Å². The number of aromatic nitrogens is 6. The van der Waals surface area contributed by atoms with E-state index in [4.69, 9.17) is 51.3 Å². The summed E-state index contributed by atoms with van der Waals surface area (Å²) in [6.45, 7) is 7.65. The second-order valence-corrected chi connectivity index (χ2v) is 33.9. The van der Waals surface area contributed by atoms with Crippen molar-refractivity contribution in [3.63, 3.8) is 0 Å². The van der Waals surface area contributed by atoms with Gasteiger partial charge in [0, 0.05) is 125 Å². The molecular weight excluding hydrogens is 1610 g/mol. The van der Waals surface area contributed by atoms with Gasteiger partial charge in [-0.3, -0.25) is 13.3 Å². The first-order chi connectivity index (χ1) is 53.8. The Kier molecular flexibility index (Phi) is 25.6. The van der Waals surface area contributed by atoms with Crippen molar-refractivity contribution in [3.05, 3.63) is 317 Å². The van der Waals surface area contributed by atoms with Crippen molar-refractivity contribution in [2.45, 2.75) is 56.3 Å². The molecule has 4 heterocycles. The Morgan fingerprint density at radius 2 is 0.757 bits per heavy atom. The maximum atomic E-state index is 11.1. The van der Waals surface area contributed by atoms with Gasteiger partial charge in [-0.05, 0) is 178 Å². The van der Waals surface area contributed by atoms with Crippen LogP contribution in [0.1, 0.15) is 84.5 Å². The molecule has 3 N–H and O–H groups in total. The van der Waals surface area contributed by atoms with Gasteiger partial charge in [-0.1, -0.05) is 195 Å². The maximum absolute atomic E-state index is 11.1.